The second-order valence-corrected chi connectivity index (χ2v) is 4.67. The summed E-state index contributed by atoms with van der Waals surface area (Å²) in [6, 6.07) is 4.60. The van der Waals surface area contributed by atoms with Crippen molar-refractivity contribution in [3.05, 3.63) is 23.9 Å². The molecule has 1 aliphatic carbocycles. The van der Waals surface area contributed by atoms with Crippen LogP contribution in [0.5, 0.6) is 0 Å². The normalized spacial score (nSPS) is 18.7. The van der Waals surface area contributed by atoms with Gasteiger partial charge in [0, 0.05) is 19.3 Å². The minimum absolute atomic E-state index is 0.432. The molecule has 0 spiro atoms. The maximum atomic E-state index is 9.41. The van der Waals surface area contributed by atoms with Gasteiger partial charge in [-0.3, -0.25) is 0 Å². The molecule has 1 aliphatic rings. The third-order valence-electron chi connectivity index (χ3n) is 3.49. The average molecular weight is 220 g/mol. The van der Waals surface area contributed by atoms with Crippen molar-refractivity contribution in [1.82, 2.24) is 4.98 Å². The first-order chi connectivity index (χ1) is 7.68. The summed E-state index contributed by atoms with van der Waals surface area (Å²) in [5.41, 5.74) is 0.878. The number of anilines is 1. The van der Waals surface area contributed by atoms with E-state index in [0.717, 1.165) is 11.4 Å². The van der Waals surface area contributed by atoms with Crippen LogP contribution < -0.4 is 4.90 Å². The van der Waals surface area contributed by atoms with Crippen LogP contribution in [-0.4, -0.2) is 23.2 Å². The highest BCUT2D eigenvalue weighted by molar-refractivity contribution is 5.40. The Balaban J connectivity index is 2.08. The Morgan fingerprint density at radius 1 is 1.38 bits per heavy atom. The summed E-state index contributed by atoms with van der Waals surface area (Å²) in [5, 5.41) is 9.41. The van der Waals surface area contributed by atoms with Crippen molar-refractivity contribution in [3.63, 3.8) is 0 Å². The first-order valence-electron chi connectivity index (χ1n) is 6.05. The third-order valence-corrected chi connectivity index (χ3v) is 3.49. The van der Waals surface area contributed by atoms with E-state index in [1.54, 1.807) is 13.1 Å². The molecule has 0 radical (unpaired) electrons. The Labute approximate surface area is 97.1 Å². The van der Waals surface area contributed by atoms with Crippen molar-refractivity contribution in [3.8, 4) is 0 Å². The smallest absolute Gasteiger partial charge is 0.128 e. The van der Waals surface area contributed by atoms with Crippen LogP contribution in [0.4, 0.5) is 5.82 Å². The molecule has 0 amide bonds. The van der Waals surface area contributed by atoms with Crippen LogP contribution in [0.2, 0.25) is 0 Å². The Morgan fingerprint density at radius 2 is 2.06 bits per heavy atom. The molecule has 3 heteroatoms. The van der Waals surface area contributed by atoms with Crippen LogP contribution in [0.1, 0.15) is 44.3 Å². The molecule has 0 bridgehead atoms. The number of rotatable bonds is 3. The predicted octanol–water partition coefficient (Wildman–Crippen LogP) is 2.51. The monoisotopic (exact) mass is 220 g/mol. The zero-order valence-corrected chi connectivity index (χ0v) is 10.1. The molecule has 1 saturated carbocycles. The first kappa shape index (κ1) is 11.4. The van der Waals surface area contributed by atoms with E-state index in [-0.39, 0.29) is 0 Å². The summed E-state index contributed by atoms with van der Waals surface area (Å²) in [6.45, 7) is 1.76. The van der Waals surface area contributed by atoms with Gasteiger partial charge in [-0.25, -0.2) is 4.98 Å². The van der Waals surface area contributed by atoms with Gasteiger partial charge in [0.2, 0.25) is 0 Å². The molecule has 1 fully saturated rings. The van der Waals surface area contributed by atoms with Gasteiger partial charge in [0.1, 0.15) is 5.82 Å². The van der Waals surface area contributed by atoms with Crippen molar-refractivity contribution in [1.29, 1.82) is 0 Å². The minimum Gasteiger partial charge on any atom is -0.389 e. The van der Waals surface area contributed by atoms with Gasteiger partial charge < -0.3 is 10.0 Å². The lowest BCUT2D eigenvalue weighted by atomic mass is 10.2. The molecule has 1 atom stereocenters. The quantitative estimate of drug-likeness (QED) is 0.850. The molecule has 0 saturated heterocycles. The summed E-state index contributed by atoms with van der Waals surface area (Å²) in [4.78, 5) is 6.67. The Bertz CT molecular complexity index is 328. The summed E-state index contributed by atoms with van der Waals surface area (Å²) < 4.78 is 0. The zero-order valence-electron chi connectivity index (χ0n) is 10.1. The number of hydrogen-bond donors (Lipinski definition) is 1. The highest BCUT2D eigenvalue weighted by atomic mass is 16.3. The summed E-state index contributed by atoms with van der Waals surface area (Å²) in [5.74, 6) is 1.01. The number of hydrogen-bond acceptors (Lipinski definition) is 3. The van der Waals surface area contributed by atoms with E-state index in [0.29, 0.717) is 6.04 Å². The van der Waals surface area contributed by atoms with Crippen LogP contribution in [0, 0.1) is 0 Å². The van der Waals surface area contributed by atoms with Gasteiger partial charge in [0.25, 0.3) is 0 Å². The maximum Gasteiger partial charge on any atom is 0.128 e. The summed E-state index contributed by atoms with van der Waals surface area (Å²) in [7, 11) is 2.11. The molecule has 1 aromatic rings. The molecule has 0 aromatic carbocycles. The number of aromatic nitrogens is 1. The Kier molecular flexibility index (Phi) is 3.44. The van der Waals surface area contributed by atoms with Gasteiger partial charge in [-0.2, -0.15) is 0 Å². The highest BCUT2D eigenvalue weighted by Gasteiger charge is 2.20. The molecule has 3 nitrogen and oxygen atoms in total. The first-order valence-corrected chi connectivity index (χ1v) is 6.05. The van der Waals surface area contributed by atoms with Gasteiger partial charge in [-0.05, 0) is 31.4 Å². The van der Waals surface area contributed by atoms with Crippen molar-refractivity contribution in [2.24, 2.45) is 0 Å². The fraction of sp³-hybridized carbons (Fsp3) is 0.615. The van der Waals surface area contributed by atoms with E-state index < -0.39 is 6.10 Å². The predicted molar refractivity (Wildman–Crippen MR) is 65.5 cm³/mol. The van der Waals surface area contributed by atoms with E-state index in [9.17, 15) is 5.11 Å². The SMILES string of the molecule is CC(O)c1ccc(N(C)C2CCCC2)nc1. The molecule has 1 heterocycles. The van der Waals surface area contributed by atoms with E-state index in [4.69, 9.17) is 0 Å². The standard InChI is InChI=1S/C13H20N2O/c1-10(16)11-7-8-13(14-9-11)15(2)12-5-3-4-6-12/h7-10,12,16H,3-6H2,1-2H3. The Morgan fingerprint density at radius 3 is 2.56 bits per heavy atom. The van der Waals surface area contributed by atoms with Crippen LogP contribution >= 0.6 is 0 Å². The zero-order chi connectivity index (χ0) is 11.5. The number of nitrogens with zero attached hydrogens (tertiary/aromatic N) is 2. The lowest BCUT2D eigenvalue weighted by Crippen LogP contribution is -2.29. The Hall–Kier alpha value is -1.09. The van der Waals surface area contributed by atoms with Crippen LogP contribution in [-0.2, 0) is 0 Å². The summed E-state index contributed by atoms with van der Waals surface area (Å²) in [6.07, 6.45) is 6.55. The van der Waals surface area contributed by atoms with Crippen LogP contribution in [0.15, 0.2) is 18.3 Å². The van der Waals surface area contributed by atoms with Crippen LogP contribution in [0.25, 0.3) is 0 Å². The van der Waals surface area contributed by atoms with Gasteiger partial charge in [0.05, 0.1) is 6.10 Å². The van der Waals surface area contributed by atoms with E-state index >= 15 is 0 Å². The van der Waals surface area contributed by atoms with Gasteiger partial charge >= 0.3 is 0 Å². The van der Waals surface area contributed by atoms with Crippen molar-refractivity contribution < 1.29 is 5.11 Å². The van der Waals surface area contributed by atoms with Crippen molar-refractivity contribution in [2.45, 2.75) is 44.8 Å². The lowest BCUT2D eigenvalue weighted by Gasteiger charge is -2.25. The molecule has 0 aliphatic heterocycles. The van der Waals surface area contributed by atoms with E-state index in [1.807, 2.05) is 12.1 Å². The molecular formula is C13H20N2O. The molecule has 1 N–H and O–H groups in total. The van der Waals surface area contributed by atoms with Gasteiger partial charge in [0.15, 0.2) is 0 Å². The molecule has 1 unspecified atom stereocenters. The van der Waals surface area contributed by atoms with Crippen LogP contribution in [0.3, 0.4) is 0 Å². The molecule has 2 rings (SSSR count). The summed E-state index contributed by atoms with van der Waals surface area (Å²) >= 11 is 0. The molecule has 88 valence electrons. The largest absolute Gasteiger partial charge is 0.389 e. The van der Waals surface area contributed by atoms with Gasteiger partial charge in [-0.15, -0.1) is 0 Å². The molecule has 16 heavy (non-hydrogen) atoms. The molecule has 1 aromatic heterocycles. The van der Waals surface area contributed by atoms with E-state index in [2.05, 4.69) is 16.9 Å². The average Bonchev–Trinajstić information content (AvgIpc) is 2.81. The number of aliphatic hydroxyl groups is 1. The van der Waals surface area contributed by atoms with Gasteiger partial charge in [-0.1, -0.05) is 18.9 Å². The lowest BCUT2D eigenvalue weighted by molar-refractivity contribution is 0.199. The van der Waals surface area contributed by atoms with Crippen molar-refractivity contribution >= 4 is 5.82 Å². The number of pyridine rings is 1. The topological polar surface area (TPSA) is 36.4 Å². The second kappa shape index (κ2) is 4.83. The van der Waals surface area contributed by atoms with E-state index in [1.165, 1.54) is 25.7 Å². The minimum atomic E-state index is -0.432. The fourth-order valence-electron chi connectivity index (χ4n) is 2.33. The van der Waals surface area contributed by atoms with Crippen molar-refractivity contribution in [2.75, 3.05) is 11.9 Å². The highest BCUT2D eigenvalue weighted by Crippen LogP contribution is 2.26. The third kappa shape index (κ3) is 2.35. The second-order valence-electron chi connectivity index (χ2n) is 4.67. The fourth-order valence-corrected chi connectivity index (χ4v) is 2.33. The molecular weight excluding hydrogens is 200 g/mol. The number of aliphatic hydroxyl groups excluding tert-OH is 1. The maximum absolute atomic E-state index is 9.41.